The van der Waals surface area contributed by atoms with E-state index >= 15 is 0 Å². The fourth-order valence-electron chi connectivity index (χ4n) is 1.98. The van der Waals surface area contributed by atoms with Crippen LogP contribution in [-0.4, -0.2) is 46.6 Å². The van der Waals surface area contributed by atoms with Gasteiger partial charge < -0.3 is 4.74 Å². The Morgan fingerprint density at radius 2 is 1.85 bits per heavy atom. The quantitative estimate of drug-likeness (QED) is 0.817. The molecule has 7 nitrogen and oxygen atoms in total. The molecule has 1 aliphatic rings. The van der Waals surface area contributed by atoms with Gasteiger partial charge in [0.1, 0.15) is 11.0 Å². The topological polar surface area (TPSA) is 107 Å². The number of primary sulfonamides is 1. The number of nitrogens with two attached hydrogens (primary N) is 1. The highest BCUT2D eigenvalue weighted by atomic mass is 32.2. The number of hydrogen-bond acceptors (Lipinski definition) is 5. The lowest BCUT2D eigenvalue weighted by Crippen LogP contribution is -2.58. The Kier molecular flexibility index (Phi) is 3.80. The van der Waals surface area contributed by atoms with Crippen LogP contribution in [0.15, 0.2) is 23.1 Å². The van der Waals surface area contributed by atoms with Gasteiger partial charge in [-0.05, 0) is 30.7 Å². The molecule has 2 rings (SSSR count). The summed E-state index contributed by atoms with van der Waals surface area (Å²) < 4.78 is 53.1. The molecule has 1 saturated heterocycles. The molecule has 1 aromatic carbocycles. The van der Waals surface area contributed by atoms with Gasteiger partial charge in [0.25, 0.3) is 0 Å². The average molecular weight is 320 g/mol. The Hall–Kier alpha value is -1.16. The van der Waals surface area contributed by atoms with Crippen LogP contribution in [0.25, 0.3) is 0 Å². The Labute approximate surface area is 118 Å². The maximum atomic E-state index is 12.4. The Morgan fingerprint density at radius 3 is 2.30 bits per heavy atom. The van der Waals surface area contributed by atoms with Crippen LogP contribution in [0.3, 0.4) is 0 Å². The van der Waals surface area contributed by atoms with Crippen LogP contribution in [0, 0.1) is 6.92 Å². The van der Waals surface area contributed by atoms with Crippen LogP contribution < -0.4 is 9.88 Å². The summed E-state index contributed by atoms with van der Waals surface area (Å²) in [4.78, 5) is 0.145. The van der Waals surface area contributed by atoms with E-state index in [2.05, 4.69) is 0 Å². The summed E-state index contributed by atoms with van der Waals surface area (Å²) in [7, 11) is -5.89. The molecule has 1 fully saturated rings. The summed E-state index contributed by atoms with van der Waals surface area (Å²) >= 11 is 0. The highest BCUT2D eigenvalue weighted by molar-refractivity contribution is 7.91. The SMILES string of the molecule is COc1ccc(S(=O)(=O)N2CC(S(N)(=O)=O)C2)c(C)c1. The van der Waals surface area contributed by atoms with Gasteiger partial charge in [0, 0.05) is 13.1 Å². The second kappa shape index (κ2) is 4.99. The van der Waals surface area contributed by atoms with Gasteiger partial charge in [-0.25, -0.2) is 22.0 Å². The lowest BCUT2D eigenvalue weighted by Gasteiger charge is -2.36. The van der Waals surface area contributed by atoms with Crippen molar-refractivity contribution in [2.75, 3.05) is 20.2 Å². The molecule has 112 valence electrons. The van der Waals surface area contributed by atoms with Crippen LogP contribution >= 0.6 is 0 Å². The number of benzene rings is 1. The van der Waals surface area contributed by atoms with Crippen molar-refractivity contribution in [3.63, 3.8) is 0 Å². The van der Waals surface area contributed by atoms with Crippen molar-refractivity contribution in [1.82, 2.24) is 4.31 Å². The molecule has 1 aliphatic heterocycles. The molecule has 0 aromatic heterocycles. The zero-order chi connectivity index (χ0) is 15.1. The van der Waals surface area contributed by atoms with Crippen molar-refractivity contribution >= 4 is 20.0 Å². The molecule has 9 heteroatoms. The number of rotatable bonds is 4. The molecule has 2 N–H and O–H groups in total. The zero-order valence-electron chi connectivity index (χ0n) is 11.1. The number of hydrogen-bond donors (Lipinski definition) is 1. The predicted octanol–water partition coefficient (Wildman–Crippen LogP) is -0.335. The fourth-order valence-corrected chi connectivity index (χ4v) is 4.68. The molecule has 0 atom stereocenters. The van der Waals surface area contributed by atoms with E-state index in [1.54, 1.807) is 19.1 Å². The van der Waals surface area contributed by atoms with Crippen LogP contribution in [0.2, 0.25) is 0 Å². The van der Waals surface area contributed by atoms with Crippen molar-refractivity contribution < 1.29 is 21.6 Å². The molecule has 0 saturated carbocycles. The molecule has 0 amide bonds. The minimum absolute atomic E-state index is 0.105. The largest absolute Gasteiger partial charge is 0.497 e. The van der Waals surface area contributed by atoms with Crippen molar-refractivity contribution in [1.29, 1.82) is 0 Å². The highest BCUT2D eigenvalue weighted by Gasteiger charge is 2.42. The summed E-state index contributed by atoms with van der Waals surface area (Å²) in [5.74, 6) is 0.562. The summed E-state index contributed by atoms with van der Waals surface area (Å²) in [6.07, 6.45) is 0. The number of nitrogens with zero attached hydrogens (tertiary/aromatic N) is 1. The Balaban J connectivity index is 2.25. The predicted molar refractivity (Wildman–Crippen MR) is 73.4 cm³/mol. The number of methoxy groups -OCH3 is 1. The number of ether oxygens (including phenoxy) is 1. The van der Waals surface area contributed by atoms with E-state index in [0.29, 0.717) is 11.3 Å². The van der Waals surface area contributed by atoms with Gasteiger partial charge in [-0.2, -0.15) is 4.31 Å². The molecule has 0 aliphatic carbocycles. The molecule has 0 bridgehead atoms. The summed E-state index contributed by atoms with van der Waals surface area (Å²) in [5, 5.41) is 4.16. The van der Waals surface area contributed by atoms with Crippen LogP contribution in [-0.2, 0) is 20.0 Å². The lowest BCUT2D eigenvalue weighted by atomic mass is 10.2. The van der Waals surface area contributed by atoms with Gasteiger partial charge in [-0.1, -0.05) is 0 Å². The van der Waals surface area contributed by atoms with E-state index in [9.17, 15) is 16.8 Å². The fraction of sp³-hybridized carbons (Fsp3) is 0.455. The number of sulfonamides is 2. The molecule has 20 heavy (non-hydrogen) atoms. The van der Waals surface area contributed by atoms with Gasteiger partial charge in [0.05, 0.1) is 12.0 Å². The normalized spacial score (nSPS) is 17.8. The summed E-state index contributed by atoms with van der Waals surface area (Å²) in [6, 6.07) is 4.62. The first-order valence-electron chi connectivity index (χ1n) is 5.82. The Bertz CT molecular complexity index is 721. The van der Waals surface area contributed by atoms with Crippen molar-refractivity contribution in [2.45, 2.75) is 17.1 Å². The molecule has 1 heterocycles. The van der Waals surface area contributed by atoms with Crippen LogP contribution in [0.4, 0.5) is 0 Å². The van der Waals surface area contributed by atoms with Crippen LogP contribution in [0.1, 0.15) is 5.56 Å². The minimum Gasteiger partial charge on any atom is -0.497 e. The maximum Gasteiger partial charge on any atom is 0.243 e. The third-order valence-corrected chi connectivity index (χ3v) is 6.50. The summed E-state index contributed by atoms with van der Waals surface area (Å²) in [5.41, 5.74) is 0.545. The first-order valence-corrected chi connectivity index (χ1v) is 8.87. The van der Waals surface area contributed by atoms with Gasteiger partial charge in [0.2, 0.25) is 20.0 Å². The molecule has 0 radical (unpaired) electrons. The van der Waals surface area contributed by atoms with Gasteiger partial charge in [-0.3, -0.25) is 0 Å². The second-order valence-corrected chi connectivity index (χ2v) is 8.42. The Morgan fingerprint density at radius 1 is 1.25 bits per heavy atom. The average Bonchev–Trinajstić information content (AvgIpc) is 2.23. The lowest BCUT2D eigenvalue weighted by molar-refractivity contribution is 0.309. The van der Waals surface area contributed by atoms with Crippen LogP contribution in [0.5, 0.6) is 5.75 Å². The summed E-state index contributed by atoms with van der Waals surface area (Å²) in [6.45, 7) is 1.45. The van der Waals surface area contributed by atoms with Crippen molar-refractivity contribution in [3.05, 3.63) is 23.8 Å². The first kappa shape index (κ1) is 15.2. The van der Waals surface area contributed by atoms with E-state index in [1.807, 2.05) is 0 Å². The minimum atomic E-state index is -3.69. The third kappa shape index (κ3) is 2.66. The van der Waals surface area contributed by atoms with Gasteiger partial charge in [-0.15, -0.1) is 0 Å². The van der Waals surface area contributed by atoms with Gasteiger partial charge >= 0.3 is 0 Å². The molecular formula is C11H16N2O5S2. The number of aryl methyl sites for hydroxylation is 1. The highest BCUT2D eigenvalue weighted by Crippen LogP contribution is 2.28. The van der Waals surface area contributed by atoms with E-state index in [4.69, 9.17) is 9.88 Å². The standard InChI is InChI=1S/C11H16N2O5S2/c1-8-5-9(18-2)3-4-11(8)20(16,17)13-6-10(7-13)19(12,14)15/h3-5,10H,6-7H2,1-2H3,(H2,12,14,15). The van der Waals surface area contributed by atoms with Crippen molar-refractivity contribution in [2.24, 2.45) is 5.14 Å². The zero-order valence-corrected chi connectivity index (χ0v) is 12.7. The molecule has 0 spiro atoms. The van der Waals surface area contributed by atoms with E-state index in [1.165, 1.54) is 13.2 Å². The van der Waals surface area contributed by atoms with E-state index < -0.39 is 25.3 Å². The smallest absolute Gasteiger partial charge is 0.243 e. The van der Waals surface area contributed by atoms with E-state index in [-0.39, 0.29) is 18.0 Å². The van der Waals surface area contributed by atoms with Gasteiger partial charge in [0.15, 0.2) is 0 Å². The monoisotopic (exact) mass is 320 g/mol. The molecule has 1 aromatic rings. The van der Waals surface area contributed by atoms with Crippen molar-refractivity contribution in [3.8, 4) is 5.75 Å². The third-order valence-electron chi connectivity index (χ3n) is 3.28. The molecular weight excluding hydrogens is 304 g/mol. The van der Waals surface area contributed by atoms with E-state index in [0.717, 1.165) is 4.31 Å². The first-order chi connectivity index (χ1) is 9.16. The molecule has 0 unspecified atom stereocenters. The maximum absolute atomic E-state index is 12.4. The second-order valence-electron chi connectivity index (χ2n) is 4.66.